The Kier molecular flexibility index (Phi) is 5.42. The molecule has 1 aliphatic rings. The molecule has 7 heteroatoms. The van der Waals surface area contributed by atoms with E-state index in [1.807, 2.05) is 0 Å². The second-order valence-corrected chi connectivity index (χ2v) is 5.30. The molecule has 1 aromatic rings. The molecule has 1 aliphatic heterocycles. The van der Waals surface area contributed by atoms with Gasteiger partial charge in [-0.05, 0) is 18.6 Å². The number of alkyl halides is 3. The van der Waals surface area contributed by atoms with E-state index in [4.69, 9.17) is 4.74 Å². The van der Waals surface area contributed by atoms with Crippen LogP contribution in [-0.2, 0) is 15.7 Å². The van der Waals surface area contributed by atoms with E-state index in [1.165, 1.54) is 18.2 Å². The fraction of sp³-hybridized carbons (Fsp3) is 0.533. The lowest BCUT2D eigenvalue weighted by molar-refractivity contribution is -0.138. The number of hydrogen-bond donors (Lipinski definition) is 2. The van der Waals surface area contributed by atoms with Gasteiger partial charge in [0.2, 0.25) is 5.91 Å². The Labute approximate surface area is 127 Å². The first-order valence-electron chi connectivity index (χ1n) is 7.14. The van der Waals surface area contributed by atoms with Crippen molar-refractivity contribution >= 4 is 5.91 Å². The molecular weight excluding hydrogens is 297 g/mol. The molecule has 1 amide bonds. The minimum atomic E-state index is -4.44. The van der Waals surface area contributed by atoms with Crippen molar-refractivity contribution in [1.29, 1.82) is 0 Å². The minimum absolute atomic E-state index is 0.0659. The summed E-state index contributed by atoms with van der Waals surface area (Å²) in [5.74, 6) is -0.299. The van der Waals surface area contributed by atoms with Crippen molar-refractivity contribution in [3.8, 4) is 0 Å². The quantitative estimate of drug-likeness (QED) is 0.896. The van der Waals surface area contributed by atoms with E-state index in [-0.39, 0.29) is 23.9 Å². The van der Waals surface area contributed by atoms with Gasteiger partial charge in [0.1, 0.15) is 0 Å². The van der Waals surface area contributed by atoms with Gasteiger partial charge < -0.3 is 15.4 Å². The van der Waals surface area contributed by atoms with Crippen molar-refractivity contribution < 1.29 is 22.7 Å². The summed E-state index contributed by atoms with van der Waals surface area (Å²) in [6.45, 7) is 3.26. The predicted octanol–water partition coefficient (Wildman–Crippen LogP) is 2.26. The van der Waals surface area contributed by atoms with Crippen LogP contribution >= 0.6 is 0 Å². The zero-order valence-corrected chi connectivity index (χ0v) is 12.2. The SMILES string of the molecule is CC(NC(=O)CC1COCCN1)c1ccccc1C(F)(F)F. The summed E-state index contributed by atoms with van der Waals surface area (Å²) in [6, 6.07) is 4.46. The summed E-state index contributed by atoms with van der Waals surface area (Å²) < 4.78 is 44.2. The standard InChI is InChI=1S/C15H19F3N2O2/c1-10(12-4-2-3-5-13(12)15(16,17)18)20-14(21)8-11-9-22-7-6-19-11/h2-5,10-11,19H,6-9H2,1H3,(H,20,21). The number of benzene rings is 1. The van der Waals surface area contributed by atoms with Crippen LogP contribution in [0.15, 0.2) is 24.3 Å². The van der Waals surface area contributed by atoms with Crippen molar-refractivity contribution in [3.63, 3.8) is 0 Å². The van der Waals surface area contributed by atoms with Crippen LogP contribution < -0.4 is 10.6 Å². The topological polar surface area (TPSA) is 50.4 Å². The van der Waals surface area contributed by atoms with Crippen molar-refractivity contribution in [1.82, 2.24) is 10.6 Å². The molecule has 0 bridgehead atoms. The summed E-state index contributed by atoms with van der Waals surface area (Å²) in [5.41, 5.74) is -0.655. The van der Waals surface area contributed by atoms with E-state index in [2.05, 4.69) is 10.6 Å². The van der Waals surface area contributed by atoms with Gasteiger partial charge in [-0.3, -0.25) is 4.79 Å². The maximum atomic E-state index is 13.0. The highest BCUT2D eigenvalue weighted by Gasteiger charge is 2.34. The van der Waals surface area contributed by atoms with E-state index < -0.39 is 17.8 Å². The van der Waals surface area contributed by atoms with Crippen molar-refractivity contribution in [2.45, 2.75) is 31.6 Å². The smallest absolute Gasteiger partial charge is 0.378 e. The molecule has 0 saturated carbocycles. The predicted molar refractivity (Wildman–Crippen MR) is 75.2 cm³/mol. The summed E-state index contributed by atoms with van der Waals surface area (Å²) >= 11 is 0. The fourth-order valence-corrected chi connectivity index (χ4v) is 2.49. The summed E-state index contributed by atoms with van der Waals surface area (Å²) in [4.78, 5) is 12.0. The Hall–Kier alpha value is -1.60. The average molecular weight is 316 g/mol. The number of rotatable bonds is 4. The molecule has 1 aromatic carbocycles. The van der Waals surface area contributed by atoms with Crippen LogP contribution in [0.2, 0.25) is 0 Å². The molecule has 1 heterocycles. The largest absolute Gasteiger partial charge is 0.416 e. The van der Waals surface area contributed by atoms with Crippen LogP contribution in [0.4, 0.5) is 13.2 Å². The molecule has 2 unspecified atom stereocenters. The van der Waals surface area contributed by atoms with Crippen LogP contribution in [0, 0.1) is 0 Å². The third-order valence-corrected chi connectivity index (χ3v) is 3.54. The molecule has 0 spiro atoms. The molecule has 2 atom stereocenters. The van der Waals surface area contributed by atoms with E-state index in [0.29, 0.717) is 19.8 Å². The molecule has 122 valence electrons. The second-order valence-electron chi connectivity index (χ2n) is 5.30. The molecular formula is C15H19F3N2O2. The van der Waals surface area contributed by atoms with Crippen molar-refractivity contribution in [3.05, 3.63) is 35.4 Å². The Bertz CT molecular complexity index is 514. The van der Waals surface area contributed by atoms with Gasteiger partial charge in [0.05, 0.1) is 24.8 Å². The average Bonchev–Trinajstić information content (AvgIpc) is 2.47. The third-order valence-electron chi connectivity index (χ3n) is 3.54. The maximum Gasteiger partial charge on any atom is 0.416 e. The van der Waals surface area contributed by atoms with Crippen molar-refractivity contribution in [2.24, 2.45) is 0 Å². The summed E-state index contributed by atoms with van der Waals surface area (Å²) in [5, 5.41) is 5.75. The number of halogens is 3. The van der Waals surface area contributed by atoms with E-state index in [1.54, 1.807) is 6.92 Å². The highest BCUT2D eigenvalue weighted by atomic mass is 19.4. The molecule has 0 aromatic heterocycles. The van der Waals surface area contributed by atoms with Gasteiger partial charge in [0.15, 0.2) is 0 Å². The van der Waals surface area contributed by atoms with Crippen molar-refractivity contribution in [2.75, 3.05) is 19.8 Å². The highest BCUT2D eigenvalue weighted by molar-refractivity contribution is 5.77. The van der Waals surface area contributed by atoms with Gasteiger partial charge in [0, 0.05) is 19.0 Å². The summed E-state index contributed by atoms with van der Waals surface area (Å²) in [6.07, 6.45) is -4.26. The zero-order valence-electron chi connectivity index (χ0n) is 12.2. The highest BCUT2D eigenvalue weighted by Crippen LogP contribution is 2.34. The number of carbonyl (C=O) groups excluding carboxylic acids is 1. The third kappa shape index (κ3) is 4.45. The van der Waals surface area contributed by atoms with E-state index in [0.717, 1.165) is 6.07 Å². The number of hydrogen-bond acceptors (Lipinski definition) is 3. The molecule has 2 rings (SSSR count). The van der Waals surface area contributed by atoms with Gasteiger partial charge in [-0.15, -0.1) is 0 Å². The van der Waals surface area contributed by atoms with Crippen LogP contribution in [0.3, 0.4) is 0 Å². The number of carbonyl (C=O) groups is 1. The molecule has 0 radical (unpaired) electrons. The molecule has 0 aliphatic carbocycles. The molecule has 22 heavy (non-hydrogen) atoms. The first kappa shape index (κ1) is 16.8. The first-order valence-corrected chi connectivity index (χ1v) is 7.14. The minimum Gasteiger partial charge on any atom is -0.378 e. The van der Waals surface area contributed by atoms with Crippen LogP contribution in [0.1, 0.15) is 30.5 Å². The van der Waals surface area contributed by atoms with Crippen LogP contribution in [0.5, 0.6) is 0 Å². The van der Waals surface area contributed by atoms with Crippen LogP contribution in [0.25, 0.3) is 0 Å². The van der Waals surface area contributed by atoms with Gasteiger partial charge in [-0.1, -0.05) is 18.2 Å². The Balaban J connectivity index is 1.99. The Morgan fingerprint density at radius 2 is 2.18 bits per heavy atom. The number of morpholine rings is 1. The Morgan fingerprint density at radius 1 is 1.45 bits per heavy atom. The molecule has 2 N–H and O–H groups in total. The lowest BCUT2D eigenvalue weighted by Gasteiger charge is -2.24. The zero-order chi connectivity index (χ0) is 16.2. The monoisotopic (exact) mass is 316 g/mol. The van der Waals surface area contributed by atoms with Gasteiger partial charge >= 0.3 is 6.18 Å². The van der Waals surface area contributed by atoms with E-state index >= 15 is 0 Å². The first-order chi connectivity index (χ1) is 10.4. The lowest BCUT2D eigenvalue weighted by Crippen LogP contribution is -2.44. The van der Waals surface area contributed by atoms with Gasteiger partial charge in [-0.25, -0.2) is 0 Å². The van der Waals surface area contributed by atoms with E-state index in [9.17, 15) is 18.0 Å². The maximum absolute atomic E-state index is 13.0. The normalized spacial score (nSPS) is 20.5. The fourth-order valence-electron chi connectivity index (χ4n) is 2.49. The van der Waals surface area contributed by atoms with Gasteiger partial charge in [-0.2, -0.15) is 13.2 Å². The Morgan fingerprint density at radius 3 is 2.82 bits per heavy atom. The summed E-state index contributed by atoms with van der Waals surface area (Å²) in [7, 11) is 0. The lowest BCUT2D eigenvalue weighted by atomic mass is 10.0. The molecule has 4 nitrogen and oxygen atoms in total. The number of amides is 1. The van der Waals surface area contributed by atoms with Crippen LogP contribution in [-0.4, -0.2) is 31.7 Å². The second kappa shape index (κ2) is 7.11. The molecule has 1 fully saturated rings. The number of nitrogens with one attached hydrogen (secondary N) is 2. The van der Waals surface area contributed by atoms with Gasteiger partial charge in [0.25, 0.3) is 0 Å². The molecule has 1 saturated heterocycles. The number of ether oxygens (including phenoxy) is 1.